The van der Waals surface area contributed by atoms with Gasteiger partial charge in [-0.05, 0) is 29.5 Å². The largest absolute Gasteiger partial charge is 0.392 e. The van der Waals surface area contributed by atoms with Crippen molar-refractivity contribution in [3.05, 3.63) is 54.1 Å². The predicted octanol–water partition coefficient (Wildman–Crippen LogP) is 4.27. The predicted molar refractivity (Wildman–Crippen MR) is 95.1 cm³/mol. The lowest BCUT2D eigenvalue weighted by Crippen LogP contribution is -1.86. The summed E-state index contributed by atoms with van der Waals surface area (Å²) < 4.78 is 0. The molecule has 0 fully saturated rings. The Hall–Kier alpha value is -1.82. The van der Waals surface area contributed by atoms with Crippen molar-refractivity contribution in [1.29, 1.82) is 0 Å². The number of nitrogen functional groups attached to an aromatic ring is 1. The maximum Gasteiger partial charge on any atom is 0.181 e. The van der Waals surface area contributed by atoms with Gasteiger partial charge in [0.15, 0.2) is 5.13 Å². The van der Waals surface area contributed by atoms with Crippen LogP contribution < -0.4 is 5.73 Å². The molecule has 0 spiro atoms. The van der Waals surface area contributed by atoms with Gasteiger partial charge in [0.1, 0.15) is 0 Å². The van der Waals surface area contributed by atoms with Gasteiger partial charge in [-0.25, -0.2) is 4.98 Å². The molecule has 112 valence electrons. The smallest absolute Gasteiger partial charge is 0.181 e. The number of rotatable bonds is 4. The zero-order chi connectivity index (χ0) is 15.5. The molecular formula is C17H16N2OS2. The van der Waals surface area contributed by atoms with Crippen LogP contribution in [0.2, 0.25) is 0 Å². The van der Waals surface area contributed by atoms with Crippen molar-refractivity contribution in [3.8, 4) is 21.7 Å². The van der Waals surface area contributed by atoms with Gasteiger partial charge in [0.2, 0.25) is 0 Å². The second-order valence-corrected chi connectivity index (χ2v) is 6.72. The Bertz CT molecular complexity index is 699. The molecule has 0 bridgehead atoms. The van der Waals surface area contributed by atoms with E-state index in [-0.39, 0.29) is 6.61 Å². The Kier molecular flexibility index (Phi) is 4.47. The van der Waals surface area contributed by atoms with Crippen molar-refractivity contribution in [2.75, 3.05) is 12.0 Å². The zero-order valence-electron chi connectivity index (χ0n) is 12.1. The highest BCUT2D eigenvalue weighted by molar-refractivity contribution is 7.98. The molecule has 0 atom stereocenters. The average molecular weight is 328 g/mol. The normalized spacial score (nSPS) is 10.8. The molecule has 0 aliphatic rings. The number of thioether (sulfide) groups is 1. The van der Waals surface area contributed by atoms with Crippen LogP contribution in [0.1, 0.15) is 5.56 Å². The minimum atomic E-state index is 0.0441. The van der Waals surface area contributed by atoms with Crippen molar-refractivity contribution >= 4 is 28.2 Å². The van der Waals surface area contributed by atoms with E-state index in [1.54, 1.807) is 11.8 Å². The van der Waals surface area contributed by atoms with E-state index in [0.29, 0.717) is 5.13 Å². The van der Waals surface area contributed by atoms with Gasteiger partial charge in [0.25, 0.3) is 0 Å². The second kappa shape index (κ2) is 6.52. The van der Waals surface area contributed by atoms with Gasteiger partial charge >= 0.3 is 0 Å². The quantitative estimate of drug-likeness (QED) is 0.702. The van der Waals surface area contributed by atoms with Gasteiger partial charge in [0, 0.05) is 10.5 Å². The number of benzene rings is 2. The van der Waals surface area contributed by atoms with Crippen LogP contribution in [-0.4, -0.2) is 16.3 Å². The van der Waals surface area contributed by atoms with Gasteiger partial charge in [-0.2, -0.15) is 0 Å². The zero-order valence-corrected chi connectivity index (χ0v) is 13.7. The van der Waals surface area contributed by atoms with E-state index in [1.807, 2.05) is 24.3 Å². The van der Waals surface area contributed by atoms with Crippen LogP contribution in [0.3, 0.4) is 0 Å². The first-order chi connectivity index (χ1) is 10.7. The van der Waals surface area contributed by atoms with E-state index in [1.165, 1.54) is 16.2 Å². The Morgan fingerprint density at radius 3 is 2.27 bits per heavy atom. The summed E-state index contributed by atoms with van der Waals surface area (Å²) in [5.41, 5.74) is 9.84. The summed E-state index contributed by atoms with van der Waals surface area (Å²) in [7, 11) is 0. The number of nitrogens with zero attached hydrogens (tertiary/aromatic N) is 1. The molecule has 0 saturated carbocycles. The SMILES string of the molecule is CSc1ccc(-c2sc(N)nc2-c2ccc(CO)cc2)cc1. The third-order valence-corrected chi connectivity index (χ3v) is 5.08. The van der Waals surface area contributed by atoms with Crippen molar-refractivity contribution in [1.82, 2.24) is 4.98 Å². The van der Waals surface area contributed by atoms with E-state index in [4.69, 9.17) is 10.8 Å². The van der Waals surface area contributed by atoms with Crippen LogP contribution in [0.15, 0.2) is 53.4 Å². The number of nitrogens with two attached hydrogens (primary N) is 1. The Labute approximate surface area is 137 Å². The topological polar surface area (TPSA) is 59.1 Å². The molecule has 22 heavy (non-hydrogen) atoms. The Morgan fingerprint density at radius 2 is 1.68 bits per heavy atom. The molecule has 3 aromatic rings. The van der Waals surface area contributed by atoms with E-state index < -0.39 is 0 Å². The van der Waals surface area contributed by atoms with Crippen LogP contribution in [0.25, 0.3) is 21.7 Å². The number of aromatic nitrogens is 1. The molecule has 5 heteroatoms. The molecule has 0 saturated heterocycles. The molecule has 2 aromatic carbocycles. The highest BCUT2D eigenvalue weighted by atomic mass is 32.2. The third kappa shape index (κ3) is 3.02. The lowest BCUT2D eigenvalue weighted by molar-refractivity contribution is 0.282. The van der Waals surface area contributed by atoms with E-state index in [0.717, 1.165) is 27.3 Å². The highest BCUT2D eigenvalue weighted by Gasteiger charge is 2.13. The molecule has 0 aliphatic heterocycles. The number of thiazole rings is 1. The minimum absolute atomic E-state index is 0.0441. The third-order valence-electron chi connectivity index (χ3n) is 3.41. The fourth-order valence-electron chi connectivity index (χ4n) is 2.24. The first-order valence-corrected chi connectivity index (χ1v) is 8.86. The molecule has 0 aliphatic carbocycles. The summed E-state index contributed by atoms with van der Waals surface area (Å²) in [6.07, 6.45) is 2.06. The number of aliphatic hydroxyl groups excluding tert-OH is 1. The average Bonchev–Trinajstić information content (AvgIpc) is 2.97. The maximum absolute atomic E-state index is 9.15. The Morgan fingerprint density at radius 1 is 1.05 bits per heavy atom. The van der Waals surface area contributed by atoms with Crippen LogP contribution >= 0.6 is 23.1 Å². The summed E-state index contributed by atoms with van der Waals surface area (Å²) in [4.78, 5) is 6.79. The molecule has 0 amide bonds. The van der Waals surface area contributed by atoms with Crippen LogP contribution in [-0.2, 0) is 6.61 Å². The first kappa shape index (κ1) is 15.1. The first-order valence-electron chi connectivity index (χ1n) is 6.82. The van der Waals surface area contributed by atoms with Crippen LogP contribution in [0.4, 0.5) is 5.13 Å². The van der Waals surface area contributed by atoms with Gasteiger partial charge in [-0.15, -0.1) is 11.8 Å². The lowest BCUT2D eigenvalue weighted by atomic mass is 10.1. The molecule has 0 radical (unpaired) electrons. The highest BCUT2D eigenvalue weighted by Crippen LogP contribution is 2.38. The van der Waals surface area contributed by atoms with Crippen LogP contribution in [0, 0.1) is 0 Å². The molecule has 1 aromatic heterocycles. The fourth-order valence-corrected chi connectivity index (χ4v) is 3.51. The number of aliphatic hydroxyl groups is 1. The molecule has 3 rings (SSSR count). The summed E-state index contributed by atoms with van der Waals surface area (Å²) >= 11 is 3.22. The van der Waals surface area contributed by atoms with Crippen molar-refractivity contribution in [3.63, 3.8) is 0 Å². The van der Waals surface area contributed by atoms with Crippen molar-refractivity contribution in [2.24, 2.45) is 0 Å². The number of anilines is 1. The monoisotopic (exact) mass is 328 g/mol. The molecule has 3 nitrogen and oxygen atoms in total. The van der Waals surface area contributed by atoms with Gasteiger partial charge in [0.05, 0.1) is 17.2 Å². The lowest BCUT2D eigenvalue weighted by Gasteiger charge is -2.05. The van der Waals surface area contributed by atoms with E-state index >= 15 is 0 Å². The minimum Gasteiger partial charge on any atom is -0.392 e. The van der Waals surface area contributed by atoms with Gasteiger partial charge < -0.3 is 10.8 Å². The molecule has 0 unspecified atom stereocenters. The summed E-state index contributed by atoms with van der Waals surface area (Å²) in [6, 6.07) is 16.2. The van der Waals surface area contributed by atoms with E-state index in [2.05, 4.69) is 35.5 Å². The fraction of sp³-hybridized carbons (Fsp3) is 0.118. The molecule has 1 heterocycles. The number of hydrogen-bond acceptors (Lipinski definition) is 5. The Balaban J connectivity index is 2.04. The van der Waals surface area contributed by atoms with Crippen molar-refractivity contribution in [2.45, 2.75) is 11.5 Å². The summed E-state index contributed by atoms with van der Waals surface area (Å²) in [6.45, 7) is 0.0441. The molecule has 3 N–H and O–H groups in total. The second-order valence-electron chi connectivity index (χ2n) is 4.81. The standard InChI is InChI=1S/C17H16N2OS2/c1-21-14-8-6-13(7-9-14)16-15(19-17(18)22-16)12-4-2-11(10-20)3-5-12/h2-9,20H,10H2,1H3,(H2,18,19). The van der Waals surface area contributed by atoms with E-state index in [9.17, 15) is 0 Å². The summed E-state index contributed by atoms with van der Waals surface area (Å²) in [5.74, 6) is 0. The number of hydrogen-bond donors (Lipinski definition) is 2. The van der Waals surface area contributed by atoms with Gasteiger partial charge in [-0.3, -0.25) is 0 Å². The maximum atomic E-state index is 9.15. The van der Waals surface area contributed by atoms with Crippen LogP contribution in [0.5, 0.6) is 0 Å². The summed E-state index contributed by atoms with van der Waals surface area (Å²) in [5, 5.41) is 9.71. The molecular weight excluding hydrogens is 312 g/mol. The van der Waals surface area contributed by atoms with Gasteiger partial charge in [-0.1, -0.05) is 47.7 Å². The van der Waals surface area contributed by atoms with Crippen molar-refractivity contribution < 1.29 is 5.11 Å².